The van der Waals surface area contributed by atoms with Crippen molar-refractivity contribution >= 4 is 5.91 Å². The van der Waals surface area contributed by atoms with E-state index >= 15 is 0 Å². The Balaban J connectivity index is 1.50. The maximum Gasteiger partial charge on any atom is 0.237 e. The summed E-state index contributed by atoms with van der Waals surface area (Å²) in [6.45, 7) is 4.63. The lowest BCUT2D eigenvalue weighted by Gasteiger charge is -2.36. The Kier molecular flexibility index (Phi) is 2.69. The molecule has 0 aromatic heterocycles. The van der Waals surface area contributed by atoms with Gasteiger partial charge in [-0.15, -0.1) is 0 Å². The molecule has 2 aliphatic carbocycles. The number of piperidine rings is 1. The Bertz CT molecular complexity index is 316. The molecule has 1 heterocycles. The van der Waals surface area contributed by atoms with Crippen LogP contribution in [0.3, 0.4) is 0 Å². The van der Waals surface area contributed by atoms with E-state index in [1.54, 1.807) is 0 Å². The highest BCUT2D eigenvalue weighted by Gasteiger charge is 2.48. The molecule has 0 aromatic carbocycles. The molecule has 0 bridgehead atoms. The average molecular weight is 236 g/mol. The lowest BCUT2D eigenvalue weighted by Crippen LogP contribution is -2.48. The van der Waals surface area contributed by atoms with Crippen LogP contribution in [0.4, 0.5) is 0 Å². The van der Waals surface area contributed by atoms with E-state index in [0.717, 1.165) is 25.2 Å². The fraction of sp³-hybridized carbons (Fsp3) is 0.929. The molecule has 0 radical (unpaired) electrons. The van der Waals surface area contributed by atoms with E-state index in [1.165, 1.54) is 19.3 Å². The van der Waals surface area contributed by atoms with Crippen molar-refractivity contribution in [3.8, 4) is 0 Å². The van der Waals surface area contributed by atoms with Gasteiger partial charge in [0.1, 0.15) is 0 Å². The zero-order valence-corrected chi connectivity index (χ0v) is 11.0. The molecule has 3 fully saturated rings. The van der Waals surface area contributed by atoms with Crippen molar-refractivity contribution in [3.63, 3.8) is 0 Å². The summed E-state index contributed by atoms with van der Waals surface area (Å²) >= 11 is 0. The molecule has 1 saturated heterocycles. The summed E-state index contributed by atoms with van der Waals surface area (Å²) in [5, 5.41) is 6.68. The first kappa shape index (κ1) is 11.5. The Morgan fingerprint density at radius 3 is 2.82 bits per heavy atom. The quantitative estimate of drug-likeness (QED) is 0.768. The van der Waals surface area contributed by atoms with Crippen molar-refractivity contribution in [2.75, 3.05) is 0 Å². The maximum absolute atomic E-state index is 12.1. The van der Waals surface area contributed by atoms with Crippen LogP contribution in [0.5, 0.6) is 0 Å². The van der Waals surface area contributed by atoms with E-state index in [-0.39, 0.29) is 11.9 Å². The molecule has 2 N–H and O–H groups in total. The SMILES string of the molecule is CC1(C)CCC[C@@H](NC(=O)[C@@H]2C[C@H]3C[C@H]3N2)C1. The highest BCUT2D eigenvalue weighted by atomic mass is 16.2. The molecule has 96 valence electrons. The van der Waals surface area contributed by atoms with Gasteiger partial charge >= 0.3 is 0 Å². The summed E-state index contributed by atoms with van der Waals surface area (Å²) < 4.78 is 0. The predicted octanol–water partition coefficient (Wildman–Crippen LogP) is 1.82. The summed E-state index contributed by atoms with van der Waals surface area (Å²) in [5.74, 6) is 1.05. The predicted molar refractivity (Wildman–Crippen MR) is 67.6 cm³/mol. The summed E-state index contributed by atoms with van der Waals surface area (Å²) in [7, 11) is 0. The molecule has 4 atom stereocenters. The molecule has 1 amide bonds. The van der Waals surface area contributed by atoms with Gasteiger partial charge in [0, 0.05) is 12.1 Å². The summed E-state index contributed by atoms with van der Waals surface area (Å²) in [4.78, 5) is 12.1. The summed E-state index contributed by atoms with van der Waals surface area (Å²) in [6, 6.07) is 1.17. The van der Waals surface area contributed by atoms with E-state index in [4.69, 9.17) is 0 Å². The lowest BCUT2D eigenvalue weighted by atomic mass is 9.75. The second-order valence-corrected chi connectivity index (χ2v) is 7.02. The molecule has 17 heavy (non-hydrogen) atoms. The highest BCUT2D eigenvalue weighted by molar-refractivity contribution is 5.82. The molecule has 1 aliphatic heterocycles. The minimum absolute atomic E-state index is 0.101. The van der Waals surface area contributed by atoms with Gasteiger partial charge in [-0.05, 0) is 43.4 Å². The van der Waals surface area contributed by atoms with E-state index in [9.17, 15) is 4.79 Å². The third-order valence-electron chi connectivity index (χ3n) is 4.74. The monoisotopic (exact) mass is 236 g/mol. The number of rotatable bonds is 2. The molecule has 0 spiro atoms. The number of amides is 1. The van der Waals surface area contributed by atoms with Gasteiger partial charge in [-0.25, -0.2) is 0 Å². The van der Waals surface area contributed by atoms with Gasteiger partial charge in [0.15, 0.2) is 0 Å². The van der Waals surface area contributed by atoms with Crippen molar-refractivity contribution in [1.29, 1.82) is 0 Å². The van der Waals surface area contributed by atoms with Crippen LogP contribution in [0.25, 0.3) is 0 Å². The van der Waals surface area contributed by atoms with Crippen LogP contribution in [0.15, 0.2) is 0 Å². The third kappa shape index (κ3) is 2.49. The summed E-state index contributed by atoms with van der Waals surface area (Å²) in [6.07, 6.45) is 7.20. The third-order valence-corrected chi connectivity index (χ3v) is 4.74. The molecular weight excluding hydrogens is 212 g/mol. The zero-order chi connectivity index (χ0) is 12.0. The number of carbonyl (C=O) groups excluding carboxylic acids is 1. The van der Waals surface area contributed by atoms with Crippen LogP contribution in [0, 0.1) is 11.3 Å². The molecule has 3 nitrogen and oxygen atoms in total. The van der Waals surface area contributed by atoms with Crippen molar-refractivity contribution < 1.29 is 4.79 Å². The molecule has 3 aliphatic rings. The number of hydrogen-bond donors (Lipinski definition) is 2. The number of carbonyl (C=O) groups is 1. The van der Waals surface area contributed by atoms with Gasteiger partial charge < -0.3 is 10.6 Å². The Morgan fingerprint density at radius 2 is 2.18 bits per heavy atom. The van der Waals surface area contributed by atoms with Gasteiger partial charge in [0.25, 0.3) is 0 Å². The van der Waals surface area contributed by atoms with Crippen LogP contribution in [0.2, 0.25) is 0 Å². The smallest absolute Gasteiger partial charge is 0.237 e. The molecule has 3 rings (SSSR count). The molecule has 2 saturated carbocycles. The van der Waals surface area contributed by atoms with Crippen molar-refractivity contribution in [3.05, 3.63) is 0 Å². The van der Waals surface area contributed by atoms with Gasteiger partial charge in [0.2, 0.25) is 5.91 Å². The van der Waals surface area contributed by atoms with Gasteiger partial charge in [-0.3, -0.25) is 4.79 Å². The lowest BCUT2D eigenvalue weighted by molar-refractivity contribution is -0.124. The van der Waals surface area contributed by atoms with Crippen LogP contribution >= 0.6 is 0 Å². The second kappa shape index (κ2) is 3.98. The largest absolute Gasteiger partial charge is 0.352 e. The van der Waals surface area contributed by atoms with E-state index in [1.807, 2.05) is 0 Å². The fourth-order valence-electron chi connectivity index (χ4n) is 3.65. The summed E-state index contributed by atoms with van der Waals surface area (Å²) in [5.41, 5.74) is 0.404. The average Bonchev–Trinajstić information content (AvgIpc) is 2.84. The Labute approximate surface area is 104 Å². The van der Waals surface area contributed by atoms with E-state index in [0.29, 0.717) is 17.5 Å². The molecule has 0 unspecified atom stereocenters. The minimum atomic E-state index is 0.101. The second-order valence-electron chi connectivity index (χ2n) is 7.02. The van der Waals surface area contributed by atoms with Gasteiger partial charge in [-0.1, -0.05) is 20.3 Å². The topological polar surface area (TPSA) is 41.1 Å². The highest BCUT2D eigenvalue weighted by Crippen LogP contribution is 2.41. The maximum atomic E-state index is 12.1. The first-order chi connectivity index (χ1) is 8.03. The van der Waals surface area contributed by atoms with Crippen LogP contribution in [0.1, 0.15) is 52.4 Å². The van der Waals surface area contributed by atoms with Crippen LogP contribution in [-0.4, -0.2) is 24.0 Å². The first-order valence-corrected chi connectivity index (χ1v) is 7.10. The fourth-order valence-corrected chi connectivity index (χ4v) is 3.65. The number of nitrogens with one attached hydrogen (secondary N) is 2. The van der Waals surface area contributed by atoms with Crippen molar-refractivity contribution in [2.24, 2.45) is 11.3 Å². The zero-order valence-electron chi connectivity index (χ0n) is 11.0. The van der Waals surface area contributed by atoms with E-state index in [2.05, 4.69) is 24.5 Å². The number of hydrogen-bond acceptors (Lipinski definition) is 2. The Morgan fingerprint density at radius 1 is 1.35 bits per heavy atom. The van der Waals surface area contributed by atoms with Crippen LogP contribution in [-0.2, 0) is 4.79 Å². The first-order valence-electron chi connectivity index (χ1n) is 7.10. The van der Waals surface area contributed by atoms with Gasteiger partial charge in [-0.2, -0.15) is 0 Å². The van der Waals surface area contributed by atoms with E-state index < -0.39 is 0 Å². The van der Waals surface area contributed by atoms with Crippen molar-refractivity contribution in [1.82, 2.24) is 10.6 Å². The normalized spacial score (nSPS) is 42.9. The standard InChI is InChI=1S/C14H24N2O/c1-14(2)5-3-4-10(8-14)15-13(17)12-7-9-6-11(9)16-12/h9-12,16H,3-8H2,1-2H3,(H,15,17)/t9-,10-,11-,12+/m1/s1. The van der Waals surface area contributed by atoms with Crippen molar-refractivity contribution in [2.45, 2.75) is 70.5 Å². The minimum Gasteiger partial charge on any atom is -0.352 e. The number of fused-ring (bicyclic) bond motifs is 1. The van der Waals surface area contributed by atoms with Gasteiger partial charge in [0.05, 0.1) is 6.04 Å². The molecular formula is C14H24N2O. The molecule has 0 aromatic rings. The molecule has 3 heteroatoms. The Hall–Kier alpha value is -0.570. The van der Waals surface area contributed by atoms with Crippen LogP contribution < -0.4 is 10.6 Å².